The lowest BCUT2D eigenvalue weighted by Gasteiger charge is -2.10. The van der Waals surface area contributed by atoms with E-state index in [0.29, 0.717) is 22.5 Å². The van der Waals surface area contributed by atoms with Gasteiger partial charge in [0.05, 0.1) is 11.4 Å². The predicted octanol–water partition coefficient (Wildman–Crippen LogP) is 2.66. The number of benzene rings is 2. The van der Waals surface area contributed by atoms with Crippen molar-refractivity contribution in [3.05, 3.63) is 59.4 Å². The van der Waals surface area contributed by atoms with Gasteiger partial charge in [-0.05, 0) is 48.4 Å². The molecular formula is C14H15FN2O2S. The van der Waals surface area contributed by atoms with Gasteiger partial charge in [-0.1, -0.05) is 12.1 Å². The smallest absolute Gasteiger partial charge is 0.236 e. The van der Waals surface area contributed by atoms with E-state index in [9.17, 15) is 12.8 Å². The third-order valence-electron chi connectivity index (χ3n) is 2.79. The number of rotatable bonds is 4. The minimum Gasteiger partial charge on any atom is -0.399 e. The molecule has 2 rings (SSSR count). The Morgan fingerprint density at radius 1 is 1.15 bits per heavy atom. The molecule has 0 saturated heterocycles. The Kier molecular flexibility index (Phi) is 3.94. The van der Waals surface area contributed by atoms with E-state index < -0.39 is 15.8 Å². The molecule has 0 aliphatic carbocycles. The highest BCUT2D eigenvalue weighted by Crippen LogP contribution is 2.19. The summed E-state index contributed by atoms with van der Waals surface area (Å²) < 4.78 is 39.5. The highest BCUT2D eigenvalue weighted by atomic mass is 32.2. The van der Waals surface area contributed by atoms with Gasteiger partial charge < -0.3 is 5.73 Å². The zero-order valence-electron chi connectivity index (χ0n) is 10.9. The lowest BCUT2D eigenvalue weighted by molar-refractivity contribution is 0.600. The molecule has 6 heteroatoms. The van der Waals surface area contributed by atoms with E-state index in [0.717, 1.165) is 0 Å². The fourth-order valence-corrected chi connectivity index (χ4v) is 3.05. The number of anilines is 2. The normalized spacial score (nSPS) is 11.3. The molecule has 3 N–H and O–H groups in total. The van der Waals surface area contributed by atoms with Crippen LogP contribution in [0.25, 0.3) is 0 Å². The van der Waals surface area contributed by atoms with Crippen LogP contribution in [-0.4, -0.2) is 8.42 Å². The lowest BCUT2D eigenvalue weighted by atomic mass is 10.2. The van der Waals surface area contributed by atoms with Crippen LogP contribution in [0.1, 0.15) is 11.1 Å². The molecule has 106 valence electrons. The van der Waals surface area contributed by atoms with E-state index >= 15 is 0 Å². The molecule has 0 heterocycles. The Hall–Kier alpha value is -2.08. The first-order valence-electron chi connectivity index (χ1n) is 5.97. The van der Waals surface area contributed by atoms with Crippen LogP contribution in [0, 0.1) is 12.7 Å². The van der Waals surface area contributed by atoms with Crippen molar-refractivity contribution < 1.29 is 12.8 Å². The van der Waals surface area contributed by atoms with Crippen molar-refractivity contribution in [3.8, 4) is 0 Å². The highest BCUT2D eigenvalue weighted by Gasteiger charge is 2.13. The summed E-state index contributed by atoms with van der Waals surface area (Å²) in [5.41, 5.74) is 7.67. The molecule has 2 aromatic rings. The Balaban J connectivity index is 2.17. The zero-order valence-corrected chi connectivity index (χ0v) is 11.7. The Bertz CT molecular complexity index is 712. The Morgan fingerprint density at radius 2 is 1.80 bits per heavy atom. The van der Waals surface area contributed by atoms with E-state index in [1.165, 1.54) is 18.2 Å². The van der Waals surface area contributed by atoms with Gasteiger partial charge in [-0.25, -0.2) is 12.8 Å². The maximum absolute atomic E-state index is 13.0. The molecule has 0 amide bonds. The molecule has 0 saturated carbocycles. The number of sulfonamides is 1. The molecule has 0 spiro atoms. The summed E-state index contributed by atoms with van der Waals surface area (Å²) in [6, 6.07) is 10.5. The first-order valence-corrected chi connectivity index (χ1v) is 7.62. The van der Waals surface area contributed by atoms with E-state index in [1.54, 1.807) is 31.2 Å². The standard InChI is InChI=1S/C14H15FN2O2S/c1-10-8-12(15)4-7-14(10)17-20(18,19)9-11-2-5-13(16)6-3-11/h2-8,17H,9,16H2,1H3. The van der Waals surface area contributed by atoms with E-state index in [2.05, 4.69) is 4.72 Å². The molecule has 0 fully saturated rings. The summed E-state index contributed by atoms with van der Waals surface area (Å²) >= 11 is 0. The summed E-state index contributed by atoms with van der Waals surface area (Å²) in [5, 5.41) is 0. The van der Waals surface area contributed by atoms with Gasteiger partial charge >= 0.3 is 0 Å². The number of nitrogens with one attached hydrogen (secondary N) is 1. The molecule has 2 aromatic carbocycles. The summed E-state index contributed by atoms with van der Waals surface area (Å²) in [4.78, 5) is 0. The van der Waals surface area contributed by atoms with Gasteiger partial charge in [0.2, 0.25) is 10.0 Å². The van der Waals surface area contributed by atoms with Crippen molar-refractivity contribution in [2.75, 3.05) is 10.5 Å². The molecular weight excluding hydrogens is 279 g/mol. The van der Waals surface area contributed by atoms with Crippen molar-refractivity contribution in [1.29, 1.82) is 0 Å². The third-order valence-corrected chi connectivity index (χ3v) is 4.03. The monoisotopic (exact) mass is 294 g/mol. The van der Waals surface area contributed by atoms with Gasteiger partial charge in [0.1, 0.15) is 5.82 Å². The van der Waals surface area contributed by atoms with Crippen LogP contribution < -0.4 is 10.5 Å². The van der Waals surface area contributed by atoms with Crippen LogP contribution >= 0.6 is 0 Å². The Morgan fingerprint density at radius 3 is 2.40 bits per heavy atom. The van der Waals surface area contributed by atoms with Crippen LogP contribution in [0.15, 0.2) is 42.5 Å². The van der Waals surface area contributed by atoms with Crippen LogP contribution in [0.3, 0.4) is 0 Å². The van der Waals surface area contributed by atoms with Gasteiger partial charge in [0.25, 0.3) is 0 Å². The second-order valence-electron chi connectivity index (χ2n) is 4.56. The average molecular weight is 294 g/mol. The number of hydrogen-bond acceptors (Lipinski definition) is 3. The average Bonchev–Trinajstić information content (AvgIpc) is 2.35. The highest BCUT2D eigenvalue weighted by molar-refractivity contribution is 7.91. The summed E-state index contributed by atoms with van der Waals surface area (Å²) in [6.45, 7) is 1.64. The van der Waals surface area contributed by atoms with Crippen molar-refractivity contribution in [1.82, 2.24) is 0 Å². The second-order valence-corrected chi connectivity index (χ2v) is 6.28. The minimum absolute atomic E-state index is 0.163. The lowest BCUT2D eigenvalue weighted by Crippen LogP contribution is -2.15. The molecule has 0 aliphatic heterocycles. The van der Waals surface area contributed by atoms with Gasteiger partial charge in [-0.15, -0.1) is 0 Å². The number of aryl methyl sites for hydroxylation is 1. The summed E-state index contributed by atoms with van der Waals surface area (Å²) in [6.07, 6.45) is 0. The Labute approximate surface area is 117 Å². The van der Waals surface area contributed by atoms with Crippen molar-refractivity contribution in [2.45, 2.75) is 12.7 Å². The molecule has 20 heavy (non-hydrogen) atoms. The fraction of sp³-hybridized carbons (Fsp3) is 0.143. The molecule has 0 bridgehead atoms. The van der Waals surface area contributed by atoms with Gasteiger partial charge in [0.15, 0.2) is 0 Å². The van der Waals surface area contributed by atoms with Crippen molar-refractivity contribution in [3.63, 3.8) is 0 Å². The first kappa shape index (κ1) is 14.3. The number of hydrogen-bond donors (Lipinski definition) is 2. The van der Waals surface area contributed by atoms with Crippen LogP contribution in [-0.2, 0) is 15.8 Å². The van der Waals surface area contributed by atoms with Crippen molar-refractivity contribution in [2.24, 2.45) is 0 Å². The largest absolute Gasteiger partial charge is 0.399 e. The predicted molar refractivity (Wildman–Crippen MR) is 78.2 cm³/mol. The quantitative estimate of drug-likeness (QED) is 0.851. The fourth-order valence-electron chi connectivity index (χ4n) is 1.78. The second kappa shape index (κ2) is 5.50. The van der Waals surface area contributed by atoms with Crippen LogP contribution in [0.2, 0.25) is 0 Å². The minimum atomic E-state index is -3.55. The van der Waals surface area contributed by atoms with E-state index in [1.807, 2.05) is 0 Å². The van der Waals surface area contributed by atoms with Crippen LogP contribution in [0.5, 0.6) is 0 Å². The summed E-state index contributed by atoms with van der Waals surface area (Å²) in [5.74, 6) is -0.562. The molecule has 0 aromatic heterocycles. The molecule has 0 aliphatic rings. The number of nitrogen functional groups attached to an aromatic ring is 1. The van der Waals surface area contributed by atoms with Gasteiger partial charge in [0, 0.05) is 5.69 Å². The number of nitrogens with two attached hydrogens (primary N) is 1. The maximum Gasteiger partial charge on any atom is 0.236 e. The SMILES string of the molecule is Cc1cc(F)ccc1NS(=O)(=O)Cc1ccc(N)cc1. The van der Waals surface area contributed by atoms with E-state index in [4.69, 9.17) is 5.73 Å². The van der Waals surface area contributed by atoms with Crippen molar-refractivity contribution >= 4 is 21.4 Å². The molecule has 0 unspecified atom stereocenters. The molecule has 4 nitrogen and oxygen atoms in total. The third kappa shape index (κ3) is 3.71. The molecule has 0 atom stereocenters. The number of halogens is 1. The van der Waals surface area contributed by atoms with Gasteiger partial charge in [-0.2, -0.15) is 0 Å². The van der Waals surface area contributed by atoms with Crippen LogP contribution in [0.4, 0.5) is 15.8 Å². The topological polar surface area (TPSA) is 72.2 Å². The van der Waals surface area contributed by atoms with Gasteiger partial charge in [-0.3, -0.25) is 4.72 Å². The molecule has 0 radical (unpaired) electrons. The maximum atomic E-state index is 13.0. The zero-order chi connectivity index (χ0) is 14.8. The van der Waals surface area contributed by atoms with E-state index in [-0.39, 0.29) is 5.75 Å². The first-order chi connectivity index (χ1) is 9.35. The summed E-state index contributed by atoms with van der Waals surface area (Å²) in [7, 11) is -3.55.